The lowest BCUT2D eigenvalue weighted by molar-refractivity contribution is -0.157. The monoisotopic (exact) mass is 1120 g/mol. The zero-order valence-electron chi connectivity index (χ0n) is 40.4. The van der Waals surface area contributed by atoms with Crippen molar-refractivity contribution in [2.24, 2.45) is 0 Å². The number of carboxylic acids is 4. The Labute approximate surface area is 445 Å². The van der Waals surface area contributed by atoms with E-state index in [4.69, 9.17) is 20.4 Å². The van der Waals surface area contributed by atoms with Crippen molar-refractivity contribution in [3.05, 3.63) is 75.9 Å². The maximum absolute atomic E-state index is 12.4. The summed E-state index contributed by atoms with van der Waals surface area (Å²) in [4.78, 5) is 160. The zero-order valence-corrected chi connectivity index (χ0v) is 43.8. The van der Waals surface area contributed by atoms with Crippen LogP contribution in [0.15, 0.2) is 75.9 Å². The molecule has 0 spiro atoms. The Hall–Kier alpha value is -7.05. The van der Waals surface area contributed by atoms with Crippen LogP contribution in [0, 0.1) is 0 Å². The predicted molar refractivity (Wildman–Crippen MR) is 277 cm³/mol. The molecular weight excluding hydrogens is 1050 g/mol. The Morgan fingerprint density at radius 3 is 0.649 bits per heavy atom. The standard InChI is InChI=1S/C16H23N3O7S2.C14H19N3O5S.C12H15N3O3.C2H4O2S/c1-2-12(20)17-9-18(13(21)3-5-27-7-15(23)24)11-19(10-17)14(22)4-6-28-8-16(25)26;1-3-11(18)15-8-16(12(19)4-2)10-17(9-15)13(20)5-6-23-7-14(21)22;1-4-10(16)13-7-14(11(17)5-2)9-15(8-13)12(18)6-3;3-2(4)1-5/h2H,1,3-11H2,(H,23,24)(H,25,26);3-4H,1-2,5-10H2,(H,21,22);4-6H,1-3,7-9H2;5H,1H2,(H,3,4). The van der Waals surface area contributed by atoms with Gasteiger partial charge in [0.25, 0.3) is 0 Å². The van der Waals surface area contributed by atoms with Gasteiger partial charge in [-0.1, -0.05) is 39.5 Å². The lowest BCUT2D eigenvalue weighted by Crippen LogP contribution is -2.59. The van der Waals surface area contributed by atoms with Crippen LogP contribution in [0.1, 0.15) is 19.3 Å². The van der Waals surface area contributed by atoms with Crippen molar-refractivity contribution >= 4 is 125 Å². The molecule has 3 aliphatic heterocycles. The number of rotatable bonds is 22. The fourth-order valence-electron chi connectivity index (χ4n) is 5.77. The summed E-state index contributed by atoms with van der Waals surface area (Å²) in [6.07, 6.45) is 7.05. The van der Waals surface area contributed by atoms with Gasteiger partial charge < -0.3 is 64.5 Å². The highest BCUT2D eigenvalue weighted by Gasteiger charge is 2.33. The van der Waals surface area contributed by atoms with E-state index in [2.05, 4.69) is 52.1 Å². The van der Waals surface area contributed by atoms with Crippen molar-refractivity contribution in [3.8, 4) is 0 Å². The second-order valence-corrected chi connectivity index (χ2v) is 18.3. The smallest absolute Gasteiger partial charge is 0.313 e. The van der Waals surface area contributed by atoms with Crippen molar-refractivity contribution in [1.29, 1.82) is 0 Å². The third kappa shape index (κ3) is 26.6. The van der Waals surface area contributed by atoms with Crippen LogP contribution in [0.25, 0.3) is 0 Å². The van der Waals surface area contributed by atoms with Crippen molar-refractivity contribution in [2.75, 3.05) is 100 Å². The molecule has 3 aliphatic rings. The van der Waals surface area contributed by atoms with Gasteiger partial charge in [-0.2, -0.15) is 12.6 Å². The minimum absolute atomic E-state index is 0.0187. The van der Waals surface area contributed by atoms with E-state index in [1.165, 1.54) is 44.1 Å². The fourth-order valence-corrected chi connectivity index (χ4v) is 7.69. The molecule has 3 saturated heterocycles. The summed E-state index contributed by atoms with van der Waals surface area (Å²) in [5.74, 6) is -6.21. The van der Waals surface area contributed by atoms with Gasteiger partial charge in [0.1, 0.15) is 0 Å². The summed E-state index contributed by atoms with van der Waals surface area (Å²) in [6, 6.07) is 0. The van der Waals surface area contributed by atoms with Crippen LogP contribution in [0.3, 0.4) is 0 Å². The molecule has 30 heteroatoms. The minimum Gasteiger partial charge on any atom is -0.481 e. The molecule has 0 aromatic rings. The Balaban J connectivity index is 0.00000105. The van der Waals surface area contributed by atoms with Crippen LogP contribution < -0.4 is 0 Å². The van der Waals surface area contributed by atoms with E-state index < -0.39 is 29.8 Å². The summed E-state index contributed by atoms with van der Waals surface area (Å²) in [5, 5.41) is 33.4. The second-order valence-electron chi connectivity index (χ2n) is 14.7. The number of aliphatic carboxylic acids is 4. The Bertz CT molecular complexity index is 1990. The van der Waals surface area contributed by atoms with Crippen molar-refractivity contribution < 1.29 is 82.8 Å². The van der Waals surface area contributed by atoms with E-state index in [9.17, 15) is 62.3 Å². The van der Waals surface area contributed by atoms with Crippen LogP contribution in [0.2, 0.25) is 0 Å². The third-order valence-corrected chi connectivity index (χ3v) is 12.3. The number of carboxylic acid groups (broad SMARTS) is 4. The average molecular weight is 1120 g/mol. The van der Waals surface area contributed by atoms with E-state index in [1.807, 2.05) is 0 Å². The van der Waals surface area contributed by atoms with Gasteiger partial charge in [-0.05, 0) is 36.5 Å². The van der Waals surface area contributed by atoms with Gasteiger partial charge in [0.15, 0.2) is 0 Å². The first-order chi connectivity index (χ1) is 34.9. The molecule has 3 rings (SSSR count). The summed E-state index contributed by atoms with van der Waals surface area (Å²) < 4.78 is 0. The third-order valence-electron chi connectivity index (χ3n) is 9.24. The number of hydrogen-bond donors (Lipinski definition) is 5. The first kappa shape index (κ1) is 67.0. The molecule has 0 saturated carbocycles. The van der Waals surface area contributed by atoms with Gasteiger partial charge in [-0.3, -0.25) is 62.3 Å². The van der Waals surface area contributed by atoms with Gasteiger partial charge in [0, 0.05) is 36.5 Å². The Kier molecular flexibility index (Phi) is 33.3. The Morgan fingerprint density at radius 2 is 0.500 bits per heavy atom. The van der Waals surface area contributed by atoms with E-state index in [-0.39, 0.29) is 150 Å². The molecule has 0 atom stereocenters. The molecule has 0 aromatic heterocycles. The predicted octanol–water partition coefficient (Wildman–Crippen LogP) is -0.185. The van der Waals surface area contributed by atoms with E-state index in [1.54, 1.807) is 0 Å². The summed E-state index contributed by atoms with van der Waals surface area (Å²) in [5.41, 5.74) is 0. The molecule has 3 fully saturated rings. The minimum atomic E-state index is -0.962. The Morgan fingerprint density at radius 1 is 0.338 bits per heavy atom. The SMILES string of the molecule is C=CC(=O)N1CN(C(=O)C=C)CN(C(=O)C=C)C1.C=CC(=O)N1CN(C(=O)C=C)CN(C(=O)CCSCC(=O)O)C1.C=CC(=O)N1CN(C(=O)CCSCC(=O)O)CN(C(=O)CCSCC(=O)O)C1.O=C(O)CS. The van der Waals surface area contributed by atoms with Gasteiger partial charge in [-0.25, -0.2) is 0 Å². The molecule has 0 bridgehead atoms. The van der Waals surface area contributed by atoms with E-state index in [0.717, 1.165) is 71.7 Å². The number of carbonyl (C=O) groups is 13. The van der Waals surface area contributed by atoms with Crippen molar-refractivity contribution in [3.63, 3.8) is 0 Å². The van der Waals surface area contributed by atoms with Gasteiger partial charge in [0.2, 0.25) is 53.2 Å². The van der Waals surface area contributed by atoms with Crippen molar-refractivity contribution in [1.82, 2.24) is 44.1 Å². The summed E-state index contributed by atoms with van der Waals surface area (Å²) >= 11 is 6.78. The molecule has 74 heavy (non-hydrogen) atoms. The average Bonchev–Trinajstić information content (AvgIpc) is 3.40. The molecule has 0 aromatic carbocycles. The highest BCUT2D eigenvalue weighted by Crippen LogP contribution is 2.16. The molecule has 26 nitrogen and oxygen atoms in total. The van der Waals surface area contributed by atoms with Crippen LogP contribution >= 0.6 is 47.9 Å². The highest BCUT2D eigenvalue weighted by atomic mass is 32.2. The number of carbonyl (C=O) groups excluding carboxylic acids is 9. The first-order valence-electron chi connectivity index (χ1n) is 21.5. The normalized spacial score (nSPS) is 13.9. The first-order valence-corrected chi connectivity index (χ1v) is 25.6. The molecule has 0 radical (unpaired) electrons. The topological polar surface area (TPSA) is 332 Å². The number of nitrogens with zero attached hydrogens (tertiary/aromatic N) is 9. The molecule has 0 unspecified atom stereocenters. The fraction of sp³-hybridized carbons (Fsp3) is 0.432. The second kappa shape index (κ2) is 36.8. The number of thiol groups is 1. The largest absolute Gasteiger partial charge is 0.481 e. The van der Waals surface area contributed by atoms with Gasteiger partial charge in [-0.15, -0.1) is 35.3 Å². The molecule has 408 valence electrons. The zero-order chi connectivity index (χ0) is 56.5. The molecule has 0 aliphatic carbocycles. The van der Waals surface area contributed by atoms with E-state index in [0.29, 0.717) is 17.3 Å². The van der Waals surface area contributed by atoms with Crippen molar-refractivity contribution in [2.45, 2.75) is 19.3 Å². The van der Waals surface area contributed by atoms with Crippen LogP contribution in [-0.4, -0.2) is 242 Å². The summed E-state index contributed by atoms with van der Waals surface area (Å²) in [6.45, 7) is 20.9. The lowest BCUT2D eigenvalue weighted by Gasteiger charge is -2.42. The van der Waals surface area contributed by atoms with Crippen LogP contribution in [0.5, 0.6) is 0 Å². The number of amides is 9. The highest BCUT2D eigenvalue weighted by molar-refractivity contribution is 8.00. The number of thioether (sulfide) groups is 3. The van der Waals surface area contributed by atoms with Gasteiger partial charge in [0.05, 0.1) is 83.0 Å². The summed E-state index contributed by atoms with van der Waals surface area (Å²) in [7, 11) is 0. The van der Waals surface area contributed by atoms with Gasteiger partial charge >= 0.3 is 23.9 Å². The maximum Gasteiger partial charge on any atom is 0.313 e. The molecule has 3 heterocycles. The van der Waals surface area contributed by atoms with E-state index >= 15 is 0 Å². The number of hydrogen-bond acceptors (Lipinski definition) is 17. The molecule has 4 N–H and O–H groups in total. The molecule has 9 amide bonds. The molecular formula is C44H61N9O17S4. The quantitative estimate of drug-likeness (QED) is 0.0533. The van der Waals surface area contributed by atoms with Crippen LogP contribution in [-0.2, 0) is 62.3 Å². The lowest BCUT2D eigenvalue weighted by atomic mass is 10.3. The maximum atomic E-state index is 12.4. The van der Waals surface area contributed by atoms with Crippen LogP contribution in [0.4, 0.5) is 0 Å².